The minimum Gasteiger partial charge on any atom is -0.497 e. The molecule has 1 fully saturated rings. The molecule has 7 heteroatoms. The number of carbonyl (C=O) groups excluding carboxylic acids is 1. The molecule has 2 aromatic carbocycles. The van der Waals surface area contributed by atoms with Crippen LogP contribution in [0.25, 0.3) is 11.1 Å². The highest BCUT2D eigenvalue weighted by Crippen LogP contribution is 2.42. The second kappa shape index (κ2) is 8.51. The predicted molar refractivity (Wildman–Crippen MR) is 110 cm³/mol. The molecule has 4 rings (SSSR count). The maximum atomic E-state index is 12.2. The van der Waals surface area contributed by atoms with E-state index >= 15 is 0 Å². The van der Waals surface area contributed by atoms with Gasteiger partial charge in [0.05, 0.1) is 25.8 Å². The maximum Gasteiger partial charge on any atom is 0.249 e. The molecule has 6 nitrogen and oxygen atoms in total. The Balaban J connectivity index is 1.50. The SMILES string of the molecule is COc1ccc(OC)c(-c2cc(Cl)c3c(c2)C[C@H](CNC(=O)[C@H]2CCCO2)O3)c1. The van der Waals surface area contributed by atoms with Gasteiger partial charge in [-0.25, -0.2) is 0 Å². The van der Waals surface area contributed by atoms with Crippen LogP contribution in [0.1, 0.15) is 18.4 Å². The van der Waals surface area contributed by atoms with Gasteiger partial charge in [-0.05, 0) is 48.7 Å². The highest BCUT2D eigenvalue weighted by molar-refractivity contribution is 6.32. The summed E-state index contributed by atoms with van der Waals surface area (Å²) in [5, 5.41) is 3.47. The number of carbonyl (C=O) groups is 1. The molecule has 2 atom stereocenters. The molecule has 0 saturated carbocycles. The molecule has 154 valence electrons. The number of rotatable bonds is 6. The quantitative estimate of drug-likeness (QED) is 0.777. The number of methoxy groups -OCH3 is 2. The number of ether oxygens (including phenoxy) is 4. The first kappa shape index (κ1) is 19.9. The van der Waals surface area contributed by atoms with Crippen LogP contribution in [0.2, 0.25) is 5.02 Å². The summed E-state index contributed by atoms with van der Waals surface area (Å²) in [6.45, 7) is 1.07. The Bertz CT molecular complexity index is 910. The van der Waals surface area contributed by atoms with Crippen molar-refractivity contribution in [2.75, 3.05) is 27.4 Å². The number of halogens is 1. The summed E-state index contributed by atoms with van der Waals surface area (Å²) in [5.41, 5.74) is 2.83. The molecule has 1 amide bonds. The van der Waals surface area contributed by atoms with Gasteiger partial charge in [-0.3, -0.25) is 4.79 Å². The summed E-state index contributed by atoms with van der Waals surface area (Å²) < 4.78 is 22.3. The average Bonchev–Trinajstić information content (AvgIpc) is 3.41. The third-order valence-corrected chi connectivity index (χ3v) is 5.58. The molecule has 0 unspecified atom stereocenters. The third kappa shape index (κ3) is 4.14. The van der Waals surface area contributed by atoms with Gasteiger partial charge in [-0.15, -0.1) is 0 Å². The first-order chi connectivity index (χ1) is 14.1. The molecule has 1 N–H and O–H groups in total. The Morgan fingerprint density at radius 3 is 2.83 bits per heavy atom. The second-order valence-corrected chi connectivity index (χ2v) is 7.61. The Kier molecular flexibility index (Phi) is 5.83. The first-order valence-corrected chi connectivity index (χ1v) is 10.1. The van der Waals surface area contributed by atoms with E-state index in [2.05, 4.69) is 11.4 Å². The van der Waals surface area contributed by atoms with Crippen molar-refractivity contribution in [1.82, 2.24) is 5.32 Å². The summed E-state index contributed by atoms with van der Waals surface area (Å²) in [6, 6.07) is 9.57. The minimum atomic E-state index is -0.338. The van der Waals surface area contributed by atoms with Gasteiger partial charge in [0.2, 0.25) is 5.91 Å². The van der Waals surface area contributed by atoms with E-state index in [0.717, 1.165) is 41.0 Å². The zero-order valence-corrected chi connectivity index (χ0v) is 17.3. The Hall–Kier alpha value is -2.44. The van der Waals surface area contributed by atoms with Crippen LogP contribution in [-0.2, 0) is 16.0 Å². The molecule has 0 radical (unpaired) electrons. The van der Waals surface area contributed by atoms with Gasteiger partial charge in [0, 0.05) is 24.2 Å². The highest BCUT2D eigenvalue weighted by Gasteiger charge is 2.29. The zero-order valence-electron chi connectivity index (χ0n) is 16.5. The number of benzene rings is 2. The fraction of sp³-hybridized carbons (Fsp3) is 0.409. The van der Waals surface area contributed by atoms with E-state index in [9.17, 15) is 4.79 Å². The number of amides is 1. The molecule has 1 saturated heterocycles. The van der Waals surface area contributed by atoms with Gasteiger partial charge in [-0.1, -0.05) is 11.6 Å². The van der Waals surface area contributed by atoms with Crippen molar-refractivity contribution in [3.8, 4) is 28.4 Å². The fourth-order valence-corrected chi connectivity index (χ4v) is 4.09. The molecular formula is C22H24ClNO5. The van der Waals surface area contributed by atoms with Gasteiger partial charge >= 0.3 is 0 Å². The van der Waals surface area contributed by atoms with Gasteiger partial charge in [0.1, 0.15) is 29.5 Å². The molecule has 0 aliphatic carbocycles. The average molecular weight is 418 g/mol. The van der Waals surface area contributed by atoms with Crippen LogP contribution in [0.5, 0.6) is 17.2 Å². The molecule has 29 heavy (non-hydrogen) atoms. The lowest BCUT2D eigenvalue weighted by Crippen LogP contribution is -2.40. The van der Waals surface area contributed by atoms with Crippen LogP contribution >= 0.6 is 11.6 Å². The molecule has 2 aliphatic heterocycles. The molecule has 0 spiro atoms. The van der Waals surface area contributed by atoms with Gasteiger partial charge < -0.3 is 24.3 Å². The lowest BCUT2D eigenvalue weighted by atomic mass is 9.99. The highest BCUT2D eigenvalue weighted by atomic mass is 35.5. The molecule has 2 aromatic rings. The molecular weight excluding hydrogens is 394 g/mol. The summed E-state index contributed by atoms with van der Waals surface area (Å²) in [4.78, 5) is 12.2. The van der Waals surface area contributed by atoms with E-state index in [-0.39, 0.29) is 18.1 Å². The van der Waals surface area contributed by atoms with E-state index in [4.69, 9.17) is 30.5 Å². The van der Waals surface area contributed by atoms with Crippen molar-refractivity contribution in [3.63, 3.8) is 0 Å². The Morgan fingerprint density at radius 1 is 1.24 bits per heavy atom. The second-order valence-electron chi connectivity index (χ2n) is 7.20. The lowest BCUT2D eigenvalue weighted by molar-refractivity contribution is -0.130. The van der Waals surface area contributed by atoms with E-state index in [1.54, 1.807) is 14.2 Å². The van der Waals surface area contributed by atoms with Crippen LogP contribution in [0.15, 0.2) is 30.3 Å². The van der Waals surface area contributed by atoms with Crippen molar-refractivity contribution >= 4 is 17.5 Å². The molecule has 2 aliphatic rings. The van der Waals surface area contributed by atoms with Crippen molar-refractivity contribution in [1.29, 1.82) is 0 Å². The minimum absolute atomic E-state index is 0.0741. The monoisotopic (exact) mass is 417 g/mol. The Labute approximate surface area is 175 Å². The summed E-state index contributed by atoms with van der Waals surface area (Å²) >= 11 is 6.52. The van der Waals surface area contributed by atoms with E-state index in [1.807, 2.05) is 24.3 Å². The Morgan fingerprint density at radius 2 is 2.10 bits per heavy atom. The van der Waals surface area contributed by atoms with Crippen LogP contribution < -0.4 is 19.5 Å². The summed E-state index contributed by atoms with van der Waals surface area (Å²) in [5.74, 6) is 2.08. The van der Waals surface area contributed by atoms with Crippen molar-refractivity contribution in [2.45, 2.75) is 31.5 Å². The van der Waals surface area contributed by atoms with Crippen LogP contribution in [0, 0.1) is 0 Å². The zero-order chi connectivity index (χ0) is 20.4. The lowest BCUT2D eigenvalue weighted by Gasteiger charge is -2.14. The normalized spacial score (nSPS) is 20.1. The van der Waals surface area contributed by atoms with Crippen molar-refractivity contribution < 1.29 is 23.7 Å². The van der Waals surface area contributed by atoms with E-state index in [1.165, 1.54) is 0 Å². The predicted octanol–water partition coefficient (Wildman–Crippen LogP) is 3.62. The number of nitrogens with one attached hydrogen (secondary N) is 1. The van der Waals surface area contributed by atoms with Crippen LogP contribution in [0.4, 0.5) is 0 Å². The number of fused-ring (bicyclic) bond motifs is 1. The van der Waals surface area contributed by atoms with Crippen molar-refractivity contribution in [2.24, 2.45) is 0 Å². The number of hydrogen-bond acceptors (Lipinski definition) is 5. The maximum absolute atomic E-state index is 12.2. The summed E-state index contributed by atoms with van der Waals surface area (Å²) in [6.07, 6.45) is 1.87. The summed E-state index contributed by atoms with van der Waals surface area (Å²) in [7, 11) is 3.26. The van der Waals surface area contributed by atoms with Crippen LogP contribution in [0.3, 0.4) is 0 Å². The van der Waals surface area contributed by atoms with E-state index in [0.29, 0.717) is 30.3 Å². The van der Waals surface area contributed by atoms with Gasteiger partial charge in [0.15, 0.2) is 0 Å². The largest absolute Gasteiger partial charge is 0.497 e. The molecule has 0 aromatic heterocycles. The van der Waals surface area contributed by atoms with E-state index < -0.39 is 0 Å². The standard InChI is InChI=1S/C22H24ClNO5/c1-26-15-5-6-19(27-2)17(11-15)13-8-14-9-16(29-21(14)18(23)10-13)12-24-22(25)20-4-3-7-28-20/h5-6,8,10-11,16,20H,3-4,7,9,12H2,1-2H3,(H,24,25)/t16-,20-/m1/s1. The smallest absolute Gasteiger partial charge is 0.249 e. The molecule has 0 bridgehead atoms. The van der Waals surface area contributed by atoms with Gasteiger partial charge in [-0.2, -0.15) is 0 Å². The first-order valence-electron chi connectivity index (χ1n) is 9.70. The van der Waals surface area contributed by atoms with Crippen molar-refractivity contribution in [3.05, 3.63) is 40.9 Å². The molecule has 2 heterocycles. The third-order valence-electron chi connectivity index (χ3n) is 5.30. The topological polar surface area (TPSA) is 66.0 Å². The van der Waals surface area contributed by atoms with Gasteiger partial charge in [0.25, 0.3) is 0 Å². The fourth-order valence-electron chi connectivity index (χ4n) is 3.81. The van der Waals surface area contributed by atoms with Crippen LogP contribution in [-0.4, -0.2) is 45.5 Å². The number of hydrogen-bond donors (Lipinski definition) is 1.